The van der Waals surface area contributed by atoms with Gasteiger partial charge in [0.25, 0.3) is 0 Å². The molecule has 1 aliphatic carbocycles. The summed E-state index contributed by atoms with van der Waals surface area (Å²) in [5.74, 6) is 1.27. The van der Waals surface area contributed by atoms with Crippen LogP contribution in [0.3, 0.4) is 0 Å². The van der Waals surface area contributed by atoms with Crippen LogP contribution >= 0.6 is 0 Å². The van der Waals surface area contributed by atoms with Gasteiger partial charge in [0, 0.05) is 12.6 Å². The van der Waals surface area contributed by atoms with E-state index in [0.717, 1.165) is 59.9 Å². The monoisotopic (exact) mass is 512 g/mol. The summed E-state index contributed by atoms with van der Waals surface area (Å²) in [7, 11) is 0. The fraction of sp³-hybridized carbons (Fsp3) is 0.613. The van der Waals surface area contributed by atoms with Gasteiger partial charge in [0.2, 0.25) is 0 Å². The highest BCUT2D eigenvalue weighted by molar-refractivity contribution is 5.72. The first-order valence-electron chi connectivity index (χ1n) is 13.6. The first-order valence-corrected chi connectivity index (χ1v) is 13.6. The number of hydrogen-bond donors (Lipinski definition) is 2. The Hall–Kier alpha value is -2.76. The predicted octanol–water partition coefficient (Wildman–Crippen LogP) is 8.05. The van der Waals surface area contributed by atoms with E-state index in [4.69, 9.17) is 9.47 Å². The van der Waals surface area contributed by atoms with E-state index in [9.17, 15) is 9.59 Å². The lowest BCUT2D eigenvalue weighted by molar-refractivity contribution is 0.0689. The van der Waals surface area contributed by atoms with Gasteiger partial charge >= 0.3 is 12.2 Å². The molecule has 1 saturated carbocycles. The zero-order valence-electron chi connectivity index (χ0n) is 24.7. The standard InChI is InChI=1S/C31H48N2O4/c1-11-13-22(5)26(21(4)12-2)36-28(34)32-19-31(10)17-25(16-30(8,9)18-31)33-29(35)37-27-23(6)14-20(3)15-24(27)7/h13-15,25H,11-12,16-19H2,1-10H3,(H,32,34)(H,33,35)/b22-13-,26-21+/t25-,31?/m1/s1. The molecule has 0 radical (unpaired) electrons. The molecule has 1 fully saturated rings. The summed E-state index contributed by atoms with van der Waals surface area (Å²) in [5, 5.41) is 6.10. The molecule has 0 aliphatic heterocycles. The van der Waals surface area contributed by atoms with Gasteiger partial charge in [0.05, 0.1) is 0 Å². The molecule has 37 heavy (non-hydrogen) atoms. The summed E-state index contributed by atoms with van der Waals surface area (Å²) in [6, 6.07) is 3.98. The lowest BCUT2D eigenvalue weighted by Crippen LogP contribution is -2.51. The van der Waals surface area contributed by atoms with Crippen molar-refractivity contribution in [2.24, 2.45) is 10.8 Å². The van der Waals surface area contributed by atoms with Gasteiger partial charge in [0.15, 0.2) is 0 Å². The molecule has 206 valence electrons. The average molecular weight is 513 g/mol. The molecule has 1 aromatic carbocycles. The van der Waals surface area contributed by atoms with E-state index in [1.165, 1.54) is 0 Å². The van der Waals surface area contributed by atoms with Crippen molar-refractivity contribution in [3.8, 4) is 5.75 Å². The van der Waals surface area contributed by atoms with Crippen molar-refractivity contribution in [3.05, 3.63) is 51.8 Å². The van der Waals surface area contributed by atoms with Crippen LogP contribution in [-0.4, -0.2) is 24.8 Å². The summed E-state index contributed by atoms with van der Waals surface area (Å²) >= 11 is 0. The molecule has 1 aliphatic rings. The maximum atomic E-state index is 12.9. The van der Waals surface area contributed by atoms with Crippen LogP contribution in [0.1, 0.15) is 97.3 Å². The van der Waals surface area contributed by atoms with E-state index in [1.807, 2.05) is 46.8 Å². The van der Waals surface area contributed by atoms with Gasteiger partial charge in [-0.15, -0.1) is 0 Å². The first kappa shape index (κ1) is 30.5. The highest BCUT2D eigenvalue weighted by Gasteiger charge is 2.42. The number of ether oxygens (including phenoxy) is 2. The van der Waals surface area contributed by atoms with Crippen molar-refractivity contribution >= 4 is 12.2 Å². The number of carbonyl (C=O) groups excluding carboxylic acids is 2. The van der Waals surface area contributed by atoms with E-state index < -0.39 is 12.2 Å². The highest BCUT2D eigenvalue weighted by atomic mass is 16.6. The Morgan fingerprint density at radius 1 is 1.03 bits per heavy atom. The molecule has 2 atom stereocenters. The van der Waals surface area contributed by atoms with E-state index in [-0.39, 0.29) is 16.9 Å². The van der Waals surface area contributed by atoms with Crippen molar-refractivity contribution in [2.75, 3.05) is 6.54 Å². The molecule has 0 heterocycles. The summed E-state index contributed by atoms with van der Waals surface area (Å²) in [6.45, 7) is 21.1. The topological polar surface area (TPSA) is 76.7 Å². The molecule has 0 aromatic heterocycles. The van der Waals surface area contributed by atoms with Crippen molar-refractivity contribution < 1.29 is 19.1 Å². The third-order valence-electron chi connectivity index (χ3n) is 7.21. The summed E-state index contributed by atoms with van der Waals surface area (Å²) < 4.78 is 11.5. The third kappa shape index (κ3) is 8.94. The van der Waals surface area contributed by atoms with Gasteiger partial charge in [-0.2, -0.15) is 0 Å². The molecule has 6 heteroatoms. The number of allylic oxidation sites excluding steroid dienone is 3. The summed E-state index contributed by atoms with van der Waals surface area (Å²) in [5.41, 5.74) is 4.85. The second-order valence-corrected chi connectivity index (χ2v) is 12.0. The molecule has 0 bridgehead atoms. The normalized spacial score (nSPS) is 22.1. The molecule has 1 aromatic rings. The van der Waals surface area contributed by atoms with Gasteiger partial charge in [0.1, 0.15) is 11.5 Å². The van der Waals surface area contributed by atoms with Crippen LogP contribution in [0.15, 0.2) is 35.1 Å². The molecule has 1 unspecified atom stereocenters. The second kappa shape index (κ2) is 12.7. The SMILES string of the molecule is CC/C=C(C)\C(OC(=O)NCC1(C)C[C@H](NC(=O)Oc2c(C)cc(C)cc2C)CC(C)(C)C1)=C(\C)CC. The van der Waals surface area contributed by atoms with Gasteiger partial charge in [-0.05, 0) is 99.8 Å². The number of rotatable bonds is 8. The first-order chi connectivity index (χ1) is 17.2. The van der Waals surface area contributed by atoms with Gasteiger partial charge in [-0.1, -0.05) is 58.4 Å². The highest BCUT2D eigenvalue weighted by Crippen LogP contribution is 2.46. The van der Waals surface area contributed by atoms with Crippen LogP contribution in [-0.2, 0) is 4.74 Å². The average Bonchev–Trinajstić information content (AvgIpc) is 2.76. The largest absolute Gasteiger partial charge is 0.412 e. The van der Waals surface area contributed by atoms with Crippen molar-refractivity contribution in [1.29, 1.82) is 0 Å². The number of amides is 2. The number of hydrogen-bond acceptors (Lipinski definition) is 4. The minimum atomic E-state index is -0.439. The van der Waals surface area contributed by atoms with E-state index in [1.54, 1.807) is 0 Å². The van der Waals surface area contributed by atoms with Crippen molar-refractivity contribution in [3.63, 3.8) is 0 Å². The van der Waals surface area contributed by atoms with E-state index in [0.29, 0.717) is 18.1 Å². The number of nitrogens with one attached hydrogen (secondary N) is 2. The molecule has 2 N–H and O–H groups in total. The molecule has 6 nitrogen and oxygen atoms in total. The molecule has 0 spiro atoms. The quantitative estimate of drug-likeness (QED) is 0.273. The Morgan fingerprint density at radius 2 is 1.65 bits per heavy atom. The Bertz CT molecular complexity index is 1030. The maximum Gasteiger partial charge on any atom is 0.412 e. The van der Waals surface area contributed by atoms with E-state index >= 15 is 0 Å². The van der Waals surface area contributed by atoms with Crippen molar-refractivity contribution in [2.45, 2.75) is 107 Å². The summed E-state index contributed by atoms with van der Waals surface area (Å²) in [4.78, 5) is 25.6. The summed E-state index contributed by atoms with van der Waals surface area (Å²) in [6.07, 6.45) is 5.40. The van der Waals surface area contributed by atoms with Crippen LogP contribution in [0.4, 0.5) is 9.59 Å². The van der Waals surface area contributed by atoms with E-state index in [2.05, 4.69) is 51.3 Å². The molecule has 0 saturated heterocycles. The zero-order valence-corrected chi connectivity index (χ0v) is 24.7. The third-order valence-corrected chi connectivity index (χ3v) is 7.21. The Labute approximate surface area is 224 Å². The number of carbonyl (C=O) groups is 2. The lowest BCUT2D eigenvalue weighted by atomic mass is 9.62. The molecular formula is C31H48N2O4. The Morgan fingerprint density at radius 3 is 2.22 bits per heavy atom. The predicted molar refractivity (Wildman–Crippen MR) is 151 cm³/mol. The Balaban J connectivity index is 2.06. The van der Waals surface area contributed by atoms with Crippen molar-refractivity contribution in [1.82, 2.24) is 10.6 Å². The Kier molecular flexibility index (Phi) is 10.4. The zero-order chi connectivity index (χ0) is 28.0. The van der Waals surface area contributed by atoms with Crippen LogP contribution < -0.4 is 15.4 Å². The number of alkyl carbamates (subject to hydrolysis) is 1. The fourth-order valence-electron chi connectivity index (χ4n) is 5.97. The number of benzene rings is 1. The maximum absolute atomic E-state index is 12.9. The minimum Gasteiger partial charge on any atom is -0.410 e. The van der Waals surface area contributed by atoms with Crippen LogP contribution in [0, 0.1) is 31.6 Å². The fourth-order valence-corrected chi connectivity index (χ4v) is 5.97. The molecular weight excluding hydrogens is 464 g/mol. The second-order valence-electron chi connectivity index (χ2n) is 12.0. The lowest BCUT2D eigenvalue weighted by Gasteiger charge is -2.46. The van der Waals surface area contributed by atoms with Gasteiger partial charge in [-0.25, -0.2) is 9.59 Å². The molecule has 2 rings (SSSR count). The minimum absolute atomic E-state index is 0.00344. The van der Waals surface area contributed by atoms with Crippen LogP contribution in [0.25, 0.3) is 0 Å². The number of aryl methyl sites for hydroxylation is 3. The van der Waals surface area contributed by atoms with Crippen LogP contribution in [0.2, 0.25) is 0 Å². The smallest absolute Gasteiger partial charge is 0.410 e. The van der Waals surface area contributed by atoms with Gasteiger partial charge < -0.3 is 20.1 Å². The van der Waals surface area contributed by atoms with Crippen LogP contribution in [0.5, 0.6) is 5.75 Å². The van der Waals surface area contributed by atoms with Gasteiger partial charge in [-0.3, -0.25) is 0 Å². The molecule has 2 amide bonds.